The minimum Gasteiger partial charge on any atom is -0.475 e. The van der Waals surface area contributed by atoms with Crippen LogP contribution in [0.25, 0.3) is 16.9 Å². The van der Waals surface area contributed by atoms with Crippen LogP contribution in [0.3, 0.4) is 0 Å². The summed E-state index contributed by atoms with van der Waals surface area (Å²) in [4.78, 5) is 10.7. The summed E-state index contributed by atoms with van der Waals surface area (Å²) in [6.45, 7) is 0. The highest BCUT2D eigenvalue weighted by atomic mass is 35.5. The molecule has 1 N–H and O–H groups in total. The zero-order chi connectivity index (χ0) is 14.1. The van der Waals surface area contributed by atoms with Crippen molar-refractivity contribution in [2.24, 2.45) is 0 Å². The monoisotopic (exact) mass is 289 g/mol. The number of aromatic nitrogens is 3. The van der Waals surface area contributed by atoms with Crippen LogP contribution in [0.5, 0.6) is 0 Å². The van der Waals surface area contributed by atoms with E-state index in [2.05, 4.69) is 10.3 Å². The Morgan fingerprint density at radius 3 is 2.60 bits per heavy atom. The molecule has 3 aromatic rings. The Morgan fingerprint density at radius 2 is 2.05 bits per heavy atom. The van der Waals surface area contributed by atoms with Crippen molar-refractivity contribution >= 4 is 17.6 Å². The summed E-state index contributed by atoms with van der Waals surface area (Å²) in [7, 11) is 0. The third kappa shape index (κ3) is 2.28. The van der Waals surface area contributed by atoms with Gasteiger partial charge in [0.05, 0.1) is 16.9 Å². The summed E-state index contributed by atoms with van der Waals surface area (Å²) in [5, 5.41) is 17.1. The molecule has 0 unspecified atom stereocenters. The van der Waals surface area contributed by atoms with Gasteiger partial charge in [-0.1, -0.05) is 28.9 Å². The van der Waals surface area contributed by atoms with Crippen LogP contribution >= 0.6 is 11.6 Å². The van der Waals surface area contributed by atoms with Crippen molar-refractivity contribution < 1.29 is 14.4 Å². The molecule has 0 bridgehead atoms. The molecule has 0 spiro atoms. The number of hydrogen-bond donors (Lipinski definition) is 1. The van der Waals surface area contributed by atoms with Crippen LogP contribution in [0.4, 0.5) is 0 Å². The standard InChI is InChI=1S/C13H8ClN3O3/c14-9-6-15-17(7-9)10-3-1-8(2-4-10)11-5-12(13(18)19)20-16-11/h1-7H,(H,18,19). The second-order valence-corrected chi connectivity index (χ2v) is 4.47. The molecule has 0 aliphatic carbocycles. The first kappa shape index (κ1) is 12.4. The van der Waals surface area contributed by atoms with E-state index in [0.717, 1.165) is 11.3 Å². The summed E-state index contributed by atoms with van der Waals surface area (Å²) in [6, 6.07) is 8.63. The molecule has 0 atom stereocenters. The van der Waals surface area contributed by atoms with Crippen LogP contribution in [0.15, 0.2) is 47.2 Å². The molecular weight excluding hydrogens is 282 g/mol. The normalized spacial score (nSPS) is 10.7. The molecule has 7 heteroatoms. The van der Waals surface area contributed by atoms with E-state index in [0.29, 0.717) is 10.7 Å². The molecule has 2 heterocycles. The maximum absolute atomic E-state index is 10.7. The molecule has 0 saturated heterocycles. The number of carboxylic acids is 1. The Hall–Kier alpha value is -2.60. The van der Waals surface area contributed by atoms with Crippen LogP contribution < -0.4 is 0 Å². The summed E-state index contributed by atoms with van der Waals surface area (Å²) in [6.07, 6.45) is 3.24. The maximum Gasteiger partial charge on any atom is 0.374 e. The topological polar surface area (TPSA) is 81.1 Å². The second kappa shape index (κ2) is 4.82. The Morgan fingerprint density at radius 1 is 1.30 bits per heavy atom. The van der Waals surface area contributed by atoms with Crippen LogP contribution in [0.2, 0.25) is 5.02 Å². The largest absolute Gasteiger partial charge is 0.475 e. The number of aromatic carboxylic acids is 1. The zero-order valence-corrected chi connectivity index (χ0v) is 10.8. The lowest BCUT2D eigenvalue weighted by molar-refractivity contribution is 0.0652. The van der Waals surface area contributed by atoms with Crippen molar-refractivity contribution in [1.29, 1.82) is 0 Å². The van der Waals surface area contributed by atoms with Crippen molar-refractivity contribution in [3.63, 3.8) is 0 Å². The van der Waals surface area contributed by atoms with Crippen LogP contribution in [0, 0.1) is 0 Å². The number of carbonyl (C=O) groups is 1. The third-order valence-corrected chi connectivity index (χ3v) is 2.89. The molecule has 100 valence electrons. The average molecular weight is 290 g/mol. The molecule has 3 rings (SSSR count). The molecule has 0 aliphatic rings. The number of carboxylic acid groups (broad SMARTS) is 1. The van der Waals surface area contributed by atoms with Crippen LogP contribution in [-0.2, 0) is 0 Å². The molecule has 6 nitrogen and oxygen atoms in total. The first-order valence-electron chi connectivity index (χ1n) is 5.64. The van der Waals surface area contributed by atoms with Gasteiger partial charge in [-0.2, -0.15) is 5.10 Å². The molecule has 0 aliphatic heterocycles. The molecule has 20 heavy (non-hydrogen) atoms. The molecule has 0 amide bonds. The molecule has 1 aromatic carbocycles. The summed E-state index contributed by atoms with van der Waals surface area (Å²) < 4.78 is 6.35. The summed E-state index contributed by atoms with van der Waals surface area (Å²) in [5.41, 5.74) is 2.05. The molecule has 2 aromatic heterocycles. The lowest BCUT2D eigenvalue weighted by Crippen LogP contribution is -1.93. The third-order valence-electron chi connectivity index (χ3n) is 2.70. The van der Waals surface area contributed by atoms with Gasteiger partial charge in [0.15, 0.2) is 0 Å². The van der Waals surface area contributed by atoms with Gasteiger partial charge in [-0.05, 0) is 12.1 Å². The fraction of sp³-hybridized carbons (Fsp3) is 0. The lowest BCUT2D eigenvalue weighted by Gasteiger charge is -2.01. The first-order chi connectivity index (χ1) is 9.63. The van der Waals surface area contributed by atoms with E-state index in [1.807, 2.05) is 12.1 Å². The second-order valence-electron chi connectivity index (χ2n) is 4.03. The van der Waals surface area contributed by atoms with Crippen LogP contribution in [0.1, 0.15) is 10.6 Å². The fourth-order valence-electron chi connectivity index (χ4n) is 1.74. The SMILES string of the molecule is O=C(O)c1cc(-c2ccc(-n3cc(Cl)cn3)cc2)no1. The van der Waals surface area contributed by atoms with E-state index in [4.69, 9.17) is 21.2 Å². The maximum atomic E-state index is 10.7. The molecular formula is C13H8ClN3O3. The minimum atomic E-state index is -1.15. The first-order valence-corrected chi connectivity index (χ1v) is 6.02. The van der Waals surface area contributed by atoms with Gasteiger partial charge in [0.2, 0.25) is 5.76 Å². The van der Waals surface area contributed by atoms with Crippen molar-refractivity contribution in [2.75, 3.05) is 0 Å². The van der Waals surface area contributed by atoms with Gasteiger partial charge >= 0.3 is 5.97 Å². The van der Waals surface area contributed by atoms with Crippen molar-refractivity contribution in [2.45, 2.75) is 0 Å². The smallest absolute Gasteiger partial charge is 0.374 e. The Bertz CT molecular complexity index is 761. The van der Waals surface area contributed by atoms with Gasteiger partial charge in [0, 0.05) is 17.8 Å². The van der Waals surface area contributed by atoms with E-state index < -0.39 is 5.97 Å². The highest BCUT2D eigenvalue weighted by Crippen LogP contribution is 2.21. The van der Waals surface area contributed by atoms with E-state index >= 15 is 0 Å². The predicted octanol–water partition coefficient (Wildman–Crippen LogP) is 2.88. The van der Waals surface area contributed by atoms with Gasteiger partial charge in [-0.3, -0.25) is 0 Å². The van der Waals surface area contributed by atoms with Crippen molar-refractivity contribution in [1.82, 2.24) is 14.9 Å². The van der Waals surface area contributed by atoms with E-state index in [9.17, 15) is 4.79 Å². The van der Waals surface area contributed by atoms with Gasteiger partial charge in [0.1, 0.15) is 5.69 Å². The Kier molecular flexibility index (Phi) is 3.00. The number of hydrogen-bond acceptors (Lipinski definition) is 4. The van der Waals surface area contributed by atoms with E-state index in [1.165, 1.54) is 6.07 Å². The quantitative estimate of drug-likeness (QED) is 0.802. The van der Waals surface area contributed by atoms with Crippen molar-refractivity contribution in [3.05, 3.63) is 53.5 Å². The summed E-state index contributed by atoms with van der Waals surface area (Å²) in [5.74, 6) is -1.34. The predicted molar refractivity (Wildman–Crippen MR) is 71.0 cm³/mol. The van der Waals surface area contributed by atoms with E-state index in [-0.39, 0.29) is 5.76 Å². The Labute approximate surface area is 118 Å². The van der Waals surface area contributed by atoms with Gasteiger partial charge in [0.25, 0.3) is 0 Å². The Balaban J connectivity index is 1.90. The zero-order valence-electron chi connectivity index (χ0n) is 10.0. The number of halogens is 1. The molecule has 0 radical (unpaired) electrons. The average Bonchev–Trinajstić information content (AvgIpc) is 3.08. The van der Waals surface area contributed by atoms with Crippen LogP contribution in [-0.4, -0.2) is 26.0 Å². The van der Waals surface area contributed by atoms with E-state index in [1.54, 1.807) is 29.2 Å². The fourth-order valence-corrected chi connectivity index (χ4v) is 1.88. The molecule has 0 saturated carbocycles. The number of rotatable bonds is 3. The highest BCUT2D eigenvalue weighted by Gasteiger charge is 2.12. The summed E-state index contributed by atoms with van der Waals surface area (Å²) >= 11 is 5.81. The number of benzene rings is 1. The molecule has 0 fully saturated rings. The van der Waals surface area contributed by atoms with Gasteiger partial charge in [-0.25, -0.2) is 9.48 Å². The number of nitrogens with zero attached hydrogens (tertiary/aromatic N) is 3. The highest BCUT2D eigenvalue weighted by molar-refractivity contribution is 6.30. The van der Waals surface area contributed by atoms with Gasteiger partial charge < -0.3 is 9.63 Å². The minimum absolute atomic E-state index is 0.192. The van der Waals surface area contributed by atoms with Crippen molar-refractivity contribution in [3.8, 4) is 16.9 Å². The lowest BCUT2D eigenvalue weighted by atomic mass is 10.1. The van der Waals surface area contributed by atoms with Gasteiger partial charge in [-0.15, -0.1) is 0 Å².